The van der Waals surface area contributed by atoms with E-state index in [1.54, 1.807) is 17.9 Å². The Labute approximate surface area is 232 Å². The van der Waals surface area contributed by atoms with Crippen LogP contribution in [0.4, 0.5) is 17.3 Å². The number of aromatic nitrogens is 4. The number of piperazine rings is 1. The highest BCUT2D eigenvalue weighted by Gasteiger charge is 2.30. The van der Waals surface area contributed by atoms with Gasteiger partial charge in [-0.25, -0.2) is 19.6 Å². The highest BCUT2D eigenvalue weighted by Crippen LogP contribution is 2.38. The summed E-state index contributed by atoms with van der Waals surface area (Å²) in [5, 5.41) is 17.1. The van der Waals surface area contributed by atoms with Crippen molar-refractivity contribution in [2.75, 3.05) is 50.6 Å². The van der Waals surface area contributed by atoms with Crippen LogP contribution in [0.25, 0.3) is 11.4 Å². The van der Waals surface area contributed by atoms with Crippen molar-refractivity contribution in [1.29, 1.82) is 0 Å². The lowest BCUT2D eigenvalue weighted by Crippen LogP contribution is -2.44. The molecule has 1 aliphatic carbocycles. The third-order valence-corrected chi connectivity index (χ3v) is 7.09. The van der Waals surface area contributed by atoms with Gasteiger partial charge in [0, 0.05) is 50.7 Å². The van der Waals surface area contributed by atoms with E-state index in [-0.39, 0.29) is 11.6 Å². The van der Waals surface area contributed by atoms with Crippen molar-refractivity contribution in [3.8, 4) is 17.1 Å². The number of methoxy groups -OCH3 is 1. The second-order valence-corrected chi connectivity index (χ2v) is 11.2. The van der Waals surface area contributed by atoms with Crippen LogP contribution in [0.2, 0.25) is 0 Å². The first-order valence-corrected chi connectivity index (χ1v) is 13.3. The van der Waals surface area contributed by atoms with E-state index in [9.17, 15) is 14.7 Å². The number of hydrogen-bond donors (Lipinski definition) is 2. The third kappa shape index (κ3) is 5.31. The fourth-order valence-electron chi connectivity index (χ4n) is 5.17. The average molecular weight is 550 g/mol. The molecular weight excluding hydrogens is 514 g/mol. The highest BCUT2D eigenvalue weighted by molar-refractivity contribution is 5.97. The van der Waals surface area contributed by atoms with Gasteiger partial charge in [0.05, 0.1) is 24.2 Å². The maximum Gasteiger partial charge on any atom is 0.356 e. The maximum absolute atomic E-state index is 13.3. The van der Waals surface area contributed by atoms with Gasteiger partial charge >= 0.3 is 11.9 Å². The Hall–Kier alpha value is -4.19. The summed E-state index contributed by atoms with van der Waals surface area (Å²) in [5.41, 5.74) is 3.90. The van der Waals surface area contributed by atoms with Gasteiger partial charge in [-0.3, -0.25) is 4.68 Å². The minimum atomic E-state index is -1.06. The molecule has 2 N–H and O–H groups in total. The molecular formula is C28H35N7O5. The number of nitrogens with one attached hydrogen (secondary N) is 1. The summed E-state index contributed by atoms with van der Waals surface area (Å²) in [6.45, 7) is 8.88. The molecule has 1 saturated heterocycles. The number of carbonyl (C=O) groups is 2. The number of carboxylic acids is 1. The Morgan fingerprint density at radius 3 is 2.45 bits per heavy atom. The van der Waals surface area contributed by atoms with Crippen molar-refractivity contribution in [2.45, 2.75) is 39.2 Å². The molecule has 212 valence electrons. The van der Waals surface area contributed by atoms with E-state index in [4.69, 9.17) is 14.5 Å². The first kappa shape index (κ1) is 27.4. The molecule has 12 heteroatoms. The molecule has 0 atom stereocenters. The first-order valence-electron chi connectivity index (χ1n) is 13.3. The number of esters is 1. The van der Waals surface area contributed by atoms with E-state index >= 15 is 0 Å². The molecule has 3 heterocycles. The summed E-state index contributed by atoms with van der Waals surface area (Å²) in [7, 11) is 5.31. The Kier molecular flexibility index (Phi) is 7.13. The fourth-order valence-corrected chi connectivity index (χ4v) is 5.17. The molecule has 1 fully saturated rings. The average Bonchev–Trinajstić information content (AvgIpc) is 3.25. The van der Waals surface area contributed by atoms with Crippen molar-refractivity contribution < 1.29 is 24.2 Å². The van der Waals surface area contributed by atoms with Crippen molar-refractivity contribution in [1.82, 2.24) is 24.6 Å². The van der Waals surface area contributed by atoms with Crippen LogP contribution in [0.3, 0.4) is 0 Å². The highest BCUT2D eigenvalue weighted by atomic mass is 16.6. The third-order valence-electron chi connectivity index (χ3n) is 7.09. The molecule has 2 aliphatic rings. The zero-order valence-electron chi connectivity index (χ0n) is 23.7. The minimum Gasteiger partial charge on any atom is -0.494 e. The number of nitrogens with zero attached hydrogens (tertiary/aromatic N) is 6. The molecule has 3 aromatic rings. The molecule has 0 saturated carbocycles. The number of carboxylic acid groups (broad SMARTS) is 1. The molecule has 12 nitrogen and oxygen atoms in total. The predicted octanol–water partition coefficient (Wildman–Crippen LogP) is 3.13. The Morgan fingerprint density at radius 2 is 1.80 bits per heavy atom. The van der Waals surface area contributed by atoms with E-state index < -0.39 is 17.5 Å². The van der Waals surface area contributed by atoms with Crippen molar-refractivity contribution >= 4 is 29.3 Å². The van der Waals surface area contributed by atoms with E-state index in [1.807, 2.05) is 32.9 Å². The van der Waals surface area contributed by atoms with Crippen LogP contribution in [0.5, 0.6) is 5.75 Å². The molecule has 1 aliphatic heterocycles. The van der Waals surface area contributed by atoms with Crippen molar-refractivity contribution in [2.24, 2.45) is 7.05 Å². The number of rotatable bonds is 6. The number of ether oxygens (including phenoxy) is 2. The van der Waals surface area contributed by atoms with Crippen molar-refractivity contribution in [3.63, 3.8) is 0 Å². The standard InChI is InChI=1S/C28H35N7O5/c1-28(2,3)40-26(38)19-13-17(35-11-9-33(4)10-12-35)14-20(24(19)39-6)30-27-29-15-16-7-8-18-22(25(36)37)32-34(5)23(18)21(16)31-27/h13-15H,7-12H2,1-6H3,(H,36,37)(H,29,30,31). The summed E-state index contributed by atoms with van der Waals surface area (Å²) < 4.78 is 13.0. The number of hydrogen-bond acceptors (Lipinski definition) is 10. The molecule has 0 radical (unpaired) electrons. The van der Waals surface area contributed by atoms with Crippen LogP contribution in [-0.4, -0.2) is 87.6 Å². The molecule has 40 heavy (non-hydrogen) atoms. The first-order chi connectivity index (χ1) is 18.9. The Morgan fingerprint density at radius 1 is 1.07 bits per heavy atom. The predicted molar refractivity (Wildman–Crippen MR) is 150 cm³/mol. The van der Waals surface area contributed by atoms with Gasteiger partial charge in [-0.15, -0.1) is 0 Å². The molecule has 0 amide bonds. The Bertz CT molecular complexity index is 1470. The van der Waals surface area contributed by atoms with Crippen LogP contribution in [0.15, 0.2) is 18.3 Å². The molecule has 2 aromatic heterocycles. The summed E-state index contributed by atoms with van der Waals surface area (Å²) in [5.74, 6) is -0.945. The van der Waals surface area contributed by atoms with Gasteiger partial charge < -0.3 is 29.7 Å². The number of benzene rings is 1. The SMILES string of the molecule is COc1c(Nc2ncc3c(n2)-c2c(c(C(=O)O)nn2C)CC3)cc(N2CCN(C)CC2)cc1C(=O)OC(C)(C)C. The minimum absolute atomic E-state index is 0.0415. The molecule has 5 rings (SSSR count). The summed E-state index contributed by atoms with van der Waals surface area (Å²) in [4.78, 5) is 38.9. The van der Waals surface area contributed by atoms with E-state index in [0.29, 0.717) is 46.8 Å². The lowest BCUT2D eigenvalue weighted by Gasteiger charge is -2.34. The lowest BCUT2D eigenvalue weighted by atomic mass is 9.93. The fraction of sp³-hybridized carbons (Fsp3) is 0.464. The van der Waals surface area contributed by atoms with Gasteiger partial charge in [0.1, 0.15) is 11.2 Å². The number of aryl methyl sites for hydroxylation is 2. The van der Waals surface area contributed by atoms with Crippen LogP contribution in [0.1, 0.15) is 52.7 Å². The number of anilines is 3. The normalized spacial score (nSPS) is 15.3. The van der Waals surface area contributed by atoms with Crippen LogP contribution >= 0.6 is 0 Å². The second kappa shape index (κ2) is 10.4. The second-order valence-electron chi connectivity index (χ2n) is 11.2. The van der Waals surface area contributed by atoms with Gasteiger partial charge in [0.2, 0.25) is 5.95 Å². The zero-order valence-corrected chi connectivity index (χ0v) is 23.7. The Balaban J connectivity index is 1.57. The summed E-state index contributed by atoms with van der Waals surface area (Å²) >= 11 is 0. The van der Waals surface area contributed by atoms with Gasteiger partial charge in [-0.05, 0) is 58.4 Å². The molecule has 0 bridgehead atoms. The van der Waals surface area contributed by atoms with Gasteiger partial charge in [0.25, 0.3) is 0 Å². The lowest BCUT2D eigenvalue weighted by molar-refractivity contribution is 0.00664. The quantitative estimate of drug-likeness (QED) is 0.439. The van der Waals surface area contributed by atoms with Crippen molar-refractivity contribution in [3.05, 3.63) is 40.7 Å². The molecule has 1 aromatic carbocycles. The maximum atomic E-state index is 13.3. The number of likely N-dealkylation sites (N-methyl/N-ethyl adjacent to an activating group) is 1. The molecule has 0 spiro atoms. The topological polar surface area (TPSA) is 135 Å². The zero-order chi connectivity index (χ0) is 28.8. The summed E-state index contributed by atoms with van der Waals surface area (Å²) in [6, 6.07) is 3.74. The molecule has 0 unspecified atom stereocenters. The van der Waals surface area contributed by atoms with Gasteiger partial charge in [-0.2, -0.15) is 5.10 Å². The van der Waals surface area contributed by atoms with Crippen LogP contribution in [0, 0.1) is 0 Å². The largest absolute Gasteiger partial charge is 0.494 e. The van der Waals surface area contributed by atoms with Crippen LogP contribution in [-0.2, 0) is 24.6 Å². The number of aromatic carboxylic acids is 1. The van der Waals surface area contributed by atoms with Gasteiger partial charge in [-0.1, -0.05) is 0 Å². The number of carbonyl (C=O) groups excluding carboxylic acids is 1. The van der Waals surface area contributed by atoms with Gasteiger partial charge in [0.15, 0.2) is 11.4 Å². The van der Waals surface area contributed by atoms with E-state index in [2.05, 4.69) is 32.2 Å². The number of fused-ring (bicyclic) bond motifs is 3. The van der Waals surface area contributed by atoms with E-state index in [0.717, 1.165) is 37.4 Å². The summed E-state index contributed by atoms with van der Waals surface area (Å²) in [6.07, 6.45) is 2.90. The smallest absolute Gasteiger partial charge is 0.356 e. The van der Waals surface area contributed by atoms with Crippen LogP contribution < -0.4 is 15.0 Å². The van der Waals surface area contributed by atoms with E-state index in [1.165, 1.54) is 7.11 Å². The monoisotopic (exact) mass is 549 g/mol.